The van der Waals surface area contributed by atoms with Gasteiger partial charge in [-0.15, -0.1) is 0 Å². The maximum atomic E-state index is 11.6. The molecule has 0 saturated heterocycles. The molecule has 0 aliphatic heterocycles. The van der Waals surface area contributed by atoms with Crippen molar-refractivity contribution < 1.29 is 8.42 Å². The fourth-order valence-electron chi connectivity index (χ4n) is 1.11. The molecule has 0 aromatic rings. The van der Waals surface area contributed by atoms with Gasteiger partial charge in [-0.05, 0) is 19.3 Å². The van der Waals surface area contributed by atoms with Crippen molar-refractivity contribution in [2.75, 3.05) is 13.6 Å². The van der Waals surface area contributed by atoms with Gasteiger partial charge >= 0.3 is 0 Å². The van der Waals surface area contributed by atoms with E-state index < -0.39 is 10.0 Å². The molecule has 0 amide bonds. The Morgan fingerprint density at radius 3 is 2.46 bits per heavy atom. The maximum Gasteiger partial charge on any atom is 0.216 e. The van der Waals surface area contributed by atoms with Gasteiger partial charge in [0.25, 0.3) is 0 Å². The molecular weight excluding hydrogens is 254 g/mol. The lowest BCUT2D eigenvalue weighted by Gasteiger charge is -2.17. The summed E-state index contributed by atoms with van der Waals surface area (Å²) in [5.74, 6) is 0. The highest BCUT2D eigenvalue weighted by Gasteiger charge is 2.38. The summed E-state index contributed by atoms with van der Waals surface area (Å²) in [5, 5.41) is -0.0804. The Bertz CT molecular complexity index is 259. The third-order valence-corrected chi connectivity index (χ3v) is 5.04. The first kappa shape index (κ1) is 11.5. The number of hydrogen-bond acceptors (Lipinski definition) is 2. The second-order valence-electron chi connectivity index (χ2n) is 3.64. The van der Waals surface area contributed by atoms with Crippen molar-refractivity contribution in [2.24, 2.45) is 0 Å². The van der Waals surface area contributed by atoms with Crippen molar-refractivity contribution in [1.82, 2.24) is 4.31 Å². The molecule has 0 N–H and O–H groups in total. The van der Waals surface area contributed by atoms with Gasteiger partial charge in [0.2, 0.25) is 10.0 Å². The van der Waals surface area contributed by atoms with E-state index in [1.165, 1.54) is 4.31 Å². The normalized spacial score (nSPS) is 20.6. The third kappa shape index (κ3) is 3.22. The fourth-order valence-corrected chi connectivity index (χ4v) is 2.91. The van der Waals surface area contributed by atoms with Gasteiger partial charge in [-0.3, -0.25) is 0 Å². The molecule has 0 spiro atoms. The van der Waals surface area contributed by atoms with Crippen LogP contribution in [0.15, 0.2) is 0 Å². The van der Waals surface area contributed by atoms with Gasteiger partial charge in [-0.1, -0.05) is 22.9 Å². The second kappa shape index (κ2) is 4.28. The topological polar surface area (TPSA) is 37.4 Å². The van der Waals surface area contributed by atoms with E-state index in [-0.39, 0.29) is 5.25 Å². The Morgan fingerprint density at radius 2 is 2.08 bits per heavy atom. The summed E-state index contributed by atoms with van der Waals surface area (Å²) in [6.45, 7) is 2.64. The van der Waals surface area contributed by atoms with E-state index in [0.717, 1.165) is 19.3 Å². The van der Waals surface area contributed by atoms with Crippen molar-refractivity contribution in [2.45, 2.75) is 36.3 Å². The summed E-state index contributed by atoms with van der Waals surface area (Å²) < 4.78 is 24.7. The Hall–Kier alpha value is 0.390. The second-order valence-corrected chi connectivity index (χ2v) is 7.52. The molecule has 0 aromatic carbocycles. The van der Waals surface area contributed by atoms with Crippen LogP contribution in [0.4, 0.5) is 0 Å². The zero-order valence-electron chi connectivity index (χ0n) is 8.03. The zero-order chi connectivity index (χ0) is 10.1. The van der Waals surface area contributed by atoms with Crippen molar-refractivity contribution >= 4 is 26.0 Å². The molecule has 1 fully saturated rings. The average Bonchev–Trinajstić information content (AvgIpc) is 2.81. The smallest absolute Gasteiger partial charge is 0.212 e. The van der Waals surface area contributed by atoms with E-state index in [4.69, 9.17) is 0 Å². The van der Waals surface area contributed by atoms with Gasteiger partial charge < -0.3 is 0 Å². The molecule has 3 nitrogen and oxygen atoms in total. The van der Waals surface area contributed by atoms with Crippen molar-refractivity contribution in [3.8, 4) is 0 Å². The molecule has 13 heavy (non-hydrogen) atoms. The fraction of sp³-hybridized carbons (Fsp3) is 1.00. The van der Waals surface area contributed by atoms with Crippen molar-refractivity contribution in [1.29, 1.82) is 0 Å². The Kier molecular flexibility index (Phi) is 3.77. The van der Waals surface area contributed by atoms with E-state index in [1.54, 1.807) is 7.05 Å². The van der Waals surface area contributed by atoms with Gasteiger partial charge in [0.1, 0.15) is 0 Å². The Morgan fingerprint density at radius 1 is 1.54 bits per heavy atom. The maximum absolute atomic E-state index is 11.6. The number of alkyl halides is 1. The van der Waals surface area contributed by atoms with E-state index >= 15 is 0 Å². The SMILES string of the molecule is CC(Br)CCN(C)S(=O)(=O)C1CC1. The highest BCUT2D eigenvalue weighted by molar-refractivity contribution is 9.09. The van der Waals surface area contributed by atoms with E-state index in [2.05, 4.69) is 15.9 Å². The molecule has 5 heteroatoms. The molecule has 78 valence electrons. The monoisotopic (exact) mass is 269 g/mol. The minimum atomic E-state index is -2.95. The largest absolute Gasteiger partial charge is 0.216 e. The van der Waals surface area contributed by atoms with Crippen LogP contribution in [0, 0.1) is 0 Å². The van der Waals surface area contributed by atoms with Gasteiger partial charge in [-0.2, -0.15) is 0 Å². The standard InChI is InChI=1S/C8H16BrNO2S/c1-7(9)5-6-10(2)13(11,12)8-3-4-8/h7-8H,3-6H2,1-2H3. The van der Waals surface area contributed by atoms with Crippen molar-refractivity contribution in [3.05, 3.63) is 0 Å². The number of rotatable bonds is 5. The molecule has 0 heterocycles. The van der Waals surface area contributed by atoms with Gasteiger partial charge in [-0.25, -0.2) is 12.7 Å². The first-order chi connectivity index (χ1) is 5.94. The summed E-state index contributed by atoms with van der Waals surface area (Å²) in [7, 11) is -1.28. The molecule has 0 bridgehead atoms. The average molecular weight is 270 g/mol. The van der Waals surface area contributed by atoms with Gasteiger partial charge in [0.15, 0.2) is 0 Å². The van der Waals surface area contributed by atoms with Gasteiger partial charge in [0.05, 0.1) is 5.25 Å². The summed E-state index contributed by atoms with van der Waals surface area (Å²) in [6, 6.07) is 0. The van der Waals surface area contributed by atoms with Crippen LogP contribution in [-0.2, 0) is 10.0 Å². The minimum absolute atomic E-state index is 0.0804. The first-order valence-electron chi connectivity index (χ1n) is 4.54. The summed E-state index contributed by atoms with van der Waals surface area (Å²) in [6.07, 6.45) is 2.55. The van der Waals surface area contributed by atoms with Crippen LogP contribution in [0.5, 0.6) is 0 Å². The lowest BCUT2D eigenvalue weighted by atomic mass is 10.3. The summed E-state index contributed by atoms with van der Waals surface area (Å²) in [4.78, 5) is 0.379. The molecule has 1 atom stereocenters. The van der Waals surface area contributed by atoms with E-state index in [1.807, 2.05) is 6.92 Å². The van der Waals surface area contributed by atoms with Crippen LogP contribution in [0.25, 0.3) is 0 Å². The highest BCUT2D eigenvalue weighted by atomic mass is 79.9. The molecule has 0 radical (unpaired) electrons. The predicted molar refractivity (Wildman–Crippen MR) is 57.6 cm³/mol. The van der Waals surface area contributed by atoms with Crippen molar-refractivity contribution in [3.63, 3.8) is 0 Å². The molecule has 1 rings (SSSR count). The lowest BCUT2D eigenvalue weighted by molar-refractivity contribution is 0.461. The third-order valence-electron chi connectivity index (χ3n) is 2.22. The van der Waals surface area contributed by atoms with Crippen LogP contribution in [0.3, 0.4) is 0 Å². The number of nitrogens with zero attached hydrogens (tertiary/aromatic N) is 1. The molecule has 1 aliphatic carbocycles. The highest BCUT2D eigenvalue weighted by Crippen LogP contribution is 2.30. The van der Waals surface area contributed by atoms with E-state index in [9.17, 15) is 8.42 Å². The molecule has 1 unspecified atom stereocenters. The zero-order valence-corrected chi connectivity index (χ0v) is 10.4. The first-order valence-corrected chi connectivity index (χ1v) is 6.95. The summed E-state index contributed by atoms with van der Waals surface area (Å²) >= 11 is 3.40. The quantitative estimate of drug-likeness (QED) is 0.711. The molecular formula is C8H16BrNO2S. The minimum Gasteiger partial charge on any atom is -0.212 e. The molecule has 1 aliphatic rings. The number of hydrogen-bond donors (Lipinski definition) is 0. The summed E-state index contributed by atoms with van der Waals surface area (Å²) in [5.41, 5.74) is 0. The number of halogens is 1. The predicted octanol–water partition coefficient (Wildman–Crippen LogP) is 1.58. The van der Waals surface area contributed by atoms with Crippen LogP contribution in [0.2, 0.25) is 0 Å². The van der Waals surface area contributed by atoms with Crippen LogP contribution in [0.1, 0.15) is 26.2 Å². The molecule has 1 saturated carbocycles. The Balaban J connectivity index is 2.42. The van der Waals surface area contributed by atoms with E-state index in [0.29, 0.717) is 11.4 Å². The van der Waals surface area contributed by atoms with Crippen LogP contribution < -0.4 is 0 Å². The van der Waals surface area contributed by atoms with Gasteiger partial charge in [0, 0.05) is 18.4 Å². The lowest BCUT2D eigenvalue weighted by Crippen LogP contribution is -2.31. The van der Waals surface area contributed by atoms with Crippen LogP contribution in [-0.4, -0.2) is 36.4 Å². The Labute approximate surface area is 88.7 Å². The van der Waals surface area contributed by atoms with Crippen LogP contribution >= 0.6 is 15.9 Å². The molecule has 0 aromatic heterocycles. The number of sulfonamides is 1.